The molecule has 156 valence electrons. The van der Waals surface area contributed by atoms with Gasteiger partial charge in [-0.1, -0.05) is 80.4 Å². The molecular weight excluding hydrogens is 392 g/mol. The Labute approximate surface area is 180 Å². The van der Waals surface area contributed by atoms with Crippen molar-refractivity contribution in [3.05, 3.63) is 107 Å². The molecule has 0 aliphatic carbocycles. The normalized spacial score (nSPS) is 11.8. The first-order chi connectivity index (χ1) is 14.6. The van der Waals surface area contributed by atoms with E-state index in [0.29, 0.717) is 5.56 Å². The topological polar surface area (TPSA) is 66.8 Å². The summed E-state index contributed by atoms with van der Waals surface area (Å²) in [6.07, 6.45) is 2.23. The molecule has 0 spiro atoms. The van der Waals surface area contributed by atoms with Gasteiger partial charge < -0.3 is 14.6 Å². The van der Waals surface area contributed by atoms with Crippen LogP contribution in [0.15, 0.2) is 78.9 Å². The molecule has 0 heterocycles. The number of hydrogen-bond donors (Lipinski definition) is 2. The first kappa shape index (κ1) is 22.0. The minimum Gasteiger partial charge on any atom is -0.478 e. The van der Waals surface area contributed by atoms with Gasteiger partial charge in [-0.2, -0.15) is 0 Å². The van der Waals surface area contributed by atoms with Gasteiger partial charge >= 0.3 is 5.97 Å². The molecule has 0 aliphatic heterocycles. The third-order valence-electron chi connectivity index (χ3n) is 5.26. The van der Waals surface area contributed by atoms with Crippen molar-refractivity contribution >= 4 is 15.7 Å². The highest BCUT2D eigenvalue weighted by Gasteiger charge is 2.37. The Morgan fingerprint density at radius 2 is 1.53 bits per heavy atom. The maximum Gasteiger partial charge on any atom is 0.335 e. The third kappa shape index (κ3) is 4.70. The minimum absolute atomic E-state index is 0.145. The van der Waals surface area contributed by atoms with Crippen molar-refractivity contribution < 1.29 is 19.4 Å². The first-order valence-corrected chi connectivity index (χ1v) is 11.9. The molecular formula is C25H28O4Si. The standard InChI is InChI=1S/C25H28O4Si/c1-2-3-14-30-29-25(21-10-6-4-7-11-21,22-12-8-5-9-13-22)23-16-19(18-26)15-20(17-23)24(27)28/h4-13,15-17,26H,2-3,14,18,30H2,1H3,(H,27,28). The minimum atomic E-state index is -1.02. The van der Waals surface area contributed by atoms with Crippen LogP contribution in [0, 0.1) is 0 Å². The molecule has 2 N–H and O–H groups in total. The molecule has 0 atom stereocenters. The number of carboxylic acids is 1. The van der Waals surface area contributed by atoms with Crippen molar-refractivity contribution in [1.82, 2.24) is 0 Å². The van der Waals surface area contributed by atoms with Crippen molar-refractivity contribution in [2.24, 2.45) is 0 Å². The summed E-state index contributed by atoms with van der Waals surface area (Å²) >= 11 is 0. The second kappa shape index (κ2) is 10.3. The van der Waals surface area contributed by atoms with Gasteiger partial charge in [0.1, 0.15) is 5.60 Å². The van der Waals surface area contributed by atoms with E-state index in [1.165, 1.54) is 6.07 Å². The van der Waals surface area contributed by atoms with Crippen molar-refractivity contribution in [2.45, 2.75) is 38.0 Å². The molecule has 0 aliphatic rings. The highest BCUT2D eigenvalue weighted by atomic mass is 28.2. The number of carboxylic acid groups (broad SMARTS) is 1. The van der Waals surface area contributed by atoms with Gasteiger partial charge in [-0.05, 0) is 46.5 Å². The largest absolute Gasteiger partial charge is 0.478 e. The number of aromatic carboxylic acids is 1. The number of aliphatic hydroxyl groups excluding tert-OH is 1. The Balaban J connectivity index is 2.27. The van der Waals surface area contributed by atoms with E-state index in [1.807, 2.05) is 66.7 Å². The van der Waals surface area contributed by atoms with E-state index in [1.54, 1.807) is 6.07 Å². The highest BCUT2D eigenvalue weighted by Crippen LogP contribution is 2.41. The molecule has 3 aromatic carbocycles. The molecule has 4 nitrogen and oxygen atoms in total. The molecule has 0 saturated heterocycles. The number of rotatable bonds is 10. The summed E-state index contributed by atoms with van der Waals surface area (Å²) < 4.78 is 6.79. The summed E-state index contributed by atoms with van der Waals surface area (Å²) in [5, 5.41) is 19.5. The Morgan fingerprint density at radius 1 is 0.933 bits per heavy atom. The Bertz CT molecular complexity index is 918. The van der Waals surface area contributed by atoms with Crippen molar-refractivity contribution in [2.75, 3.05) is 0 Å². The van der Waals surface area contributed by atoms with Crippen LogP contribution in [0.2, 0.25) is 6.04 Å². The predicted octanol–water partition coefficient (Wildman–Crippen LogP) is 4.49. The Hall–Kier alpha value is -2.73. The molecule has 0 radical (unpaired) electrons. The number of aliphatic hydroxyl groups is 1. The lowest BCUT2D eigenvalue weighted by Gasteiger charge is -2.37. The van der Waals surface area contributed by atoms with Crippen LogP contribution in [-0.4, -0.2) is 25.9 Å². The average molecular weight is 421 g/mol. The fraction of sp³-hybridized carbons (Fsp3) is 0.240. The van der Waals surface area contributed by atoms with Crippen molar-refractivity contribution in [3.8, 4) is 0 Å². The second-order valence-electron chi connectivity index (χ2n) is 7.35. The molecule has 30 heavy (non-hydrogen) atoms. The number of carbonyl (C=O) groups is 1. The maximum atomic E-state index is 11.8. The van der Waals surface area contributed by atoms with Gasteiger partial charge in [0.25, 0.3) is 0 Å². The van der Waals surface area contributed by atoms with E-state index in [2.05, 4.69) is 6.92 Å². The van der Waals surface area contributed by atoms with Crippen LogP contribution in [0.3, 0.4) is 0 Å². The fourth-order valence-electron chi connectivity index (χ4n) is 3.78. The monoisotopic (exact) mass is 420 g/mol. The lowest BCUT2D eigenvalue weighted by molar-refractivity contribution is 0.0696. The van der Waals surface area contributed by atoms with Crippen LogP contribution < -0.4 is 0 Å². The lowest BCUT2D eigenvalue weighted by atomic mass is 9.79. The van der Waals surface area contributed by atoms with E-state index >= 15 is 0 Å². The number of hydrogen-bond acceptors (Lipinski definition) is 3. The molecule has 5 heteroatoms. The van der Waals surface area contributed by atoms with Crippen LogP contribution in [-0.2, 0) is 16.6 Å². The lowest BCUT2D eigenvalue weighted by Crippen LogP contribution is -2.34. The van der Waals surface area contributed by atoms with Gasteiger partial charge in [0, 0.05) is 0 Å². The third-order valence-corrected chi connectivity index (χ3v) is 6.68. The quantitative estimate of drug-likeness (QED) is 0.288. The molecule has 0 bridgehead atoms. The second-order valence-corrected chi connectivity index (χ2v) is 8.75. The van der Waals surface area contributed by atoms with Crippen molar-refractivity contribution in [1.29, 1.82) is 0 Å². The van der Waals surface area contributed by atoms with Crippen LogP contribution in [0.25, 0.3) is 0 Å². The van der Waals surface area contributed by atoms with Crippen LogP contribution in [0.1, 0.15) is 52.4 Å². The smallest absolute Gasteiger partial charge is 0.335 e. The van der Waals surface area contributed by atoms with Crippen molar-refractivity contribution in [3.63, 3.8) is 0 Å². The molecule has 0 unspecified atom stereocenters. The van der Waals surface area contributed by atoms with Crippen LogP contribution in [0.4, 0.5) is 0 Å². The molecule has 0 aromatic heterocycles. The average Bonchev–Trinajstić information content (AvgIpc) is 2.80. The zero-order valence-electron chi connectivity index (χ0n) is 17.3. The fourth-order valence-corrected chi connectivity index (χ4v) is 5.44. The van der Waals surface area contributed by atoms with E-state index in [-0.39, 0.29) is 12.2 Å². The van der Waals surface area contributed by atoms with Gasteiger partial charge in [0.2, 0.25) is 0 Å². The van der Waals surface area contributed by atoms with Crippen LogP contribution >= 0.6 is 0 Å². The van der Waals surface area contributed by atoms with Gasteiger partial charge in [-0.3, -0.25) is 0 Å². The summed E-state index contributed by atoms with van der Waals surface area (Å²) in [6.45, 7) is 1.93. The molecule has 0 amide bonds. The van der Waals surface area contributed by atoms with Crippen LogP contribution in [0.5, 0.6) is 0 Å². The van der Waals surface area contributed by atoms with Gasteiger partial charge in [-0.15, -0.1) is 0 Å². The highest BCUT2D eigenvalue weighted by molar-refractivity contribution is 6.27. The molecule has 3 aromatic rings. The Morgan fingerprint density at radius 3 is 2.03 bits per heavy atom. The van der Waals surface area contributed by atoms with E-state index < -0.39 is 21.3 Å². The van der Waals surface area contributed by atoms with Gasteiger partial charge in [0.15, 0.2) is 9.76 Å². The number of benzene rings is 3. The number of unbranched alkanes of at least 4 members (excludes halogenated alkanes) is 1. The SMILES string of the molecule is CCCC[SiH2]OC(c1ccccc1)(c1ccccc1)c1cc(CO)cc(C(=O)O)c1. The van der Waals surface area contributed by atoms with Gasteiger partial charge in [-0.25, -0.2) is 4.79 Å². The Kier molecular flexibility index (Phi) is 7.57. The maximum absolute atomic E-state index is 11.8. The molecule has 3 rings (SSSR count). The first-order valence-electron chi connectivity index (χ1n) is 10.4. The summed E-state index contributed by atoms with van der Waals surface area (Å²) in [7, 11) is -0.895. The van der Waals surface area contributed by atoms with E-state index in [9.17, 15) is 15.0 Å². The molecule has 0 saturated carbocycles. The summed E-state index contributed by atoms with van der Waals surface area (Å²) in [5.74, 6) is -1.02. The van der Waals surface area contributed by atoms with E-state index in [0.717, 1.165) is 35.6 Å². The van der Waals surface area contributed by atoms with Gasteiger partial charge in [0.05, 0.1) is 12.2 Å². The summed E-state index contributed by atoms with van der Waals surface area (Å²) in [6, 6.07) is 26.0. The summed E-state index contributed by atoms with van der Waals surface area (Å²) in [5.41, 5.74) is 2.41. The predicted molar refractivity (Wildman–Crippen MR) is 121 cm³/mol. The van der Waals surface area contributed by atoms with E-state index in [4.69, 9.17) is 4.43 Å². The summed E-state index contributed by atoms with van der Waals surface area (Å²) in [4.78, 5) is 11.8. The molecule has 0 fully saturated rings. The zero-order valence-corrected chi connectivity index (χ0v) is 18.7. The zero-order chi connectivity index (χ0) is 21.4.